The average Bonchev–Trinajstić information content (AvgIpc) is 2.84. The largest absolute Gasteiger partial charge is 0.307 e. The normalized spacial score (nSPS) is 11.1. The lowest BCUT2D eigenvalue weighted by molar-refractivity contribution is 0.588. The Morgan fingerprint density at radius 2 is 2.17 bits per heavy atom. The van der Waals surface area contributed by atoms with Gasteiger partial charge in [-0.2, -0.15) is 5.10 Å². The molecule has 0 fully saturated rings. The predicted octanol–water partition coefficient (Wildman–Crippen LogP) is 2.81. The standard InChI is InChI=1S/C12H16BrN3OS/c1-4-9-11(13)10(16(5-2)14-9)6-15-8(3)7-18-12(15)17/h7H,4-6H2,1-3H3. The number of hydrogen-bond donors (Lipinski definition) is 0. The quantitative estimate of drug-likeness (QED) is 0.865. The minimum atomic E-state index is 0.0845. The van der Waals surface area contributed by atoms with Crippen molar-refractivity contribution in [1.29, 1.82) is 0 Å². The van der Waals surface area contributed by atoms with Gasteiger partial charge in [-0.1, -0.05) is 18.3 Å². The molecule has 0 aromatic carbocycles. The number of halogens is 1. The molecule has 0 atom stereocenters. The summed E-state index contributed by atoms with van der Waals surface area (Å²) in [5.41, 5.74) is 3.12. The van der Waals surface area contributed by atoms with Crippen molar-refractivity contribution in [3.63, 3.8) is 0 Å². The highest BCUT2D eigenvalue weighted by Crippen LogP contribution is 2.23. The highest BCUT2D eigenvalue weighted by Gasteiger charge is 2.15. The Bertz CT molecular complexity index is 611. The minimum absolute atomic E-state index is 0.0845. The second-order valence-corrected chi connectivity index (χ2v) is 5.72. The number of nitrogens with zero attached hydrogens (tertiary/aromatic N) is 3. The summed E-state index contributed by atoms with van der Waals surface area (Å²) in [6.45, 7) is 7.49. The van der Waals surface area contributed by atoms with Crippen molar-refractivity contribution in [2.45, 2.75) is 40.3 Å². The van der Waals surface area contributed by atoms with E-state index in [-0.39, 0.29) is 4.87 Å². The number of aromatic nitrogens is 3. The van der Waals surface area contributed by atoms with Gasteiger partial charge in [0.1, 0.15) is 0 Å². The molecular formula is C12H16BrN3OS. The van der Waals surface area contributed by atoms with Crippen LogP contribution >= 0.6 is 27.3 Å². The summed E-state index contributed by atoms with van der Waals surface area (Å²) in [4.78, 5) is 11.9. The second-order valence-electron chi connectivity index (χ2n) is 4.11. The Balaban J connectivity index is 2.46. The Kier molecular flexibility index (Phi) is 4.07. The van der Waals surface area contributed by atoms with Crippen molar-refractivity contribution in [2.75, 3.05) is 0 Å². The SMILES string of the molecule is CCc1nn(CC)c(Cn2c(C)csc2=O)c1Br. The van der Waals surface area contributed by atoms with Crippen molar-refractivity contribution in [3.8, 4) is 0 Å². The molecular weight excluding hydrogens is 314 g/mol. The van der Waals surface area contributed by atoms with Crippen molar-refractivity contribution in [3.05, 3.63) is 36.6 Å². The Hall–Kier alpha value is -0.880. The number of aryl methyl sites for hydroxylation is 3. The van der Waals surface area contributed by atoms with Crippen LogP contribution < -0.4 is 4.87 Å². The van der Waals surface area contributed by atoms with E-state index in [4.69, 9.17) is 0 Å². The van der Waals surface area contributed by atoms with Crippen LogP contribution in [0.4, 0.5) is 0 Å². The fourth-order valence-electron chi connectivity index (χ4n) is 1.91. The highest BCUT2D eigenvalue weighted by molar-refractivity contribution is 9.10. The molecule has 2 aromatic heterocycles. The molecule has 0 amide bonds. The van der Waals surface area contributed by atoms with E-state index >= 15 is 0 Å². The molecule has 0 N–H and O–H groups in total. The van der Waals surface area contributed by atoms with Crippen LogP contribution in [0.2, 0.25) is 0 Å². The zero-order valence-electron chi connectivity index (χ0n) is 10.7. The van der Waals surface area contributed by atoms with Gasteiger partial charge in [0, 0.05) is 17.6 Å². The van der Waals surface area contributed by atoms with Crippen molar-refractivity contribution < 1.29 is 0 Å². The lowest BCUT2D eigenvalue weighted by atomic mass is 10.3. The molecule has 18 heavy (non-hydrogen) atoms. The zero-order valence-corrected chi connectivity index (χ0v) is 13.1. The van der Waals surface area contributed by atoms with Gasteiger partial charge in [-0.3, -0.25) is 14.0 Å². The summed E-state index contributed by atoms with van der Waals surface area (Å²) >= 11 is 4.85. The fraction of sp³-hybridized carbons (Fsp3) is 0.500. The van der Waals surface area contributed by atoms with E-state index < -0.39 is 0 Å². The molecule has 0 aliphatic carbocycles. The minimum Gasteiger partial charge on any atom is -0.297 e. The average molecular weight is 330 g/mol. The molecule has 2 rings (SSSR count). The van der Waals surface area contributed by atoms with Crippen LogP contribution in [-0.2, 0) is 19.5 Å². The van der Waals surface area contributed by atoms with E-state index in [1.807, 2.05) is 17.0 Å². The summed E-state index contributed by atoms with van der Waals surface area (Å²) in [6.07, 6.45) is 0.887. The van der Waals surface area contributed by atoms with E-state index in [1.54, 1.807) is 4.57 Å². The van der Waals surface area contributed by atoms with Crippen LogP contribution in [0.1, 0.15) is 30.9 Å². The third-order valence-electron chi connectivity index (χ3n) is 2.98. The van der Waals surface area contributed by atoms with Gasteiger partial charge >= 0.3 is 4.87 Å². The molecule has 4 nitrogen and oxygen atoms in total. The van der Waals surface area contributed by atoms with Gasteiger partial charge in [0.15, 0.2) is 0 Å². The molecule has 2 aromatic rings. The zero-order chi connectivity index (χ0) is 13.3. The highest BCUT2D eigenvalue weighted by atomic mass is 79.9. The summed E-state index contributed by atoms with van der Waals surface area (Å²) in [7, 11) is 0. The first-order valence-electron chi connectivity index (χ1n) is 5.97. The first kappa shape index (κ1) is 13.5. The van der Waals surface area contributed by atoms with Crippen LogP contribution in [-0.4, -0.2) is 14.3 Å². The van der Waals surface area contributed by atoms with Crippen LogP contribution in [0.25, 0.3) is 0 Å². The summed E-state index contributed by atoms with van der Waals surface area (Å²) in [5.74, 6) is 0. The maximum absolute atomic E-state index is 11.8. The van der Waals surface area contributed by atoms with E-state index in [0.29, 0.717) is 6.54 Å². The van der Waals surface area contributed by atoms with E-state index in [1.165, 1.54) is 11.3 Å². The number of hydrogen-bond acceptors (Lipinski definition) is 3. The smallest absolute Gasteiger partial charge is 0.297 e. The van der Waals surface area contributed by atoms with Crippen molar-refractivity contribution in [1.82, 2.24) is 14.3 Å². The van der Waals surface area contributed by atoms with Gasteiger partial charge in [0.05, 0.1) is 22.4 Å². The van der Waals surface area contributed by atoms with Gasteiger partial charge in [-0.05, 0) is 36.2 Å². The van der Waals surface area contributed by atoms with Crippen LogP contribution in [0.3, 0.4) is 0 Å². The van der Waals surface area contributed by atoms with Crippen molar-refractivity contribution >= 4 is 27.3 Å². The molecule has 0 saturated carbocycles. The van der Waals surface area contributed by atoms with E-state index in [2.05, 4.69) is 34.9 Å². The van der Waals surface area contributed by atoms with Gasteiger partial charge in [-0.15, -0.1) is 0 Å². The van der Waals surface area contributed by atoms with Crippen LogP contribution in [0.15, 0.2) is 14.6 Å². The van der Waals surface area contributed by atoms with E-state index in [9.17, 15) is 4.79 Å². The molecule has 2 heterocycles. The molecule has 0 bridgehead atoms. The molecule has 0 aliphatic heterocycles. The van der Waals surface area contributed by atoms with Gasteiger partial charge < -0.3 is 0 Å². The summed E-state index contributed by atoms with van der Waals surface area (Å²) < 4.78 is 4.79. The van der Waals surface area contributed by atoms with Gasteiger partial charge in [-0.25, -0.2) is 0 Å². The second kappa shape index (κ2) is 5.40. The molecule has 0 radical (unpaired) electrons. The predicted molar refractivity (Wildman–Crippen MR) is 77.4 cm³/mol. The third-order valence-corrected chi connectivity index (χ3v) is 4.77. The monoisotopic (exact) mass is 329 g/mol. The maximum atomic E-state index is 11.8. The molecule has 0 saturated heterocycles. The summed E-state index contributed by atoms with van der Waals surface area (Å²) in [6, 6.07) is 0. The Morgan fingerprint density at radius 1 is 1.44 bits per heavy atom. The molecule has 6 heteroatoms. The lowest BCUT2D eigenvalue weighted by Crippen LogP contribution is -2.18. The third kappa shape index (κ3) is 2.31. The van der Waals surface area contributed by atoms with E-state index in [0.717, 1.165) is 34.5 Å². The first-order valence-corrected chi connectivity index (χ1v) is 7.64. The first-order chi connectivity index (χ1) is 8.58. The molecule has 0 spiro atoms. The van der Waals surface area contributed by atoms with Crippen LogP contribution in [0.5, 0.6) is 0 Å². The summed E-state index contributed by atoms with van der Waals surface area (Å²) in [5, 5.41) is 6.44. The van der Waals surface area contributed by atoms with Crippen molar-refractivity contribution in [2.24, 2.45) is 0 Å². The van der Waals surface area contributed by atoms with Gasteiger partial charge in [0.25, 0.3) is 0 Å². The van der Waals surface area contributed by atoms with Gasteiger partial charge in [0.2, 0.25) is 0 Å². The number of rotatable bonds is 4. The molecule has 98 valence electrons. The topological polar surface area (TPSA) is 39.8 Å². The molecule has 0 aliphatic rings. The number of thiazole rings is 1. The lowest BCUT2D eigenvalue weighted by Gasteiger charge is -2.07. The Labute approximate surface area is 118 Å². The fourth-order valence-corrected chi connectivity index (χ4v) is 3.34. The molecule has 0 unspecified atom stereocenters. The Morgan fingerprint density at radius 3 is 2.67 bits per heavy atom. The van der Waals surface area contributed by atoms with Crippen LogP contribution in [0, 0.1) is 6.92 Å². The maximum Gasteiger partial charge on any atom is 0.307 e.